The van der Waals surface area contributed by atoms with Gasteiger partial charge in [0.25, 0.3) is 0 Å². The zero-order valence-electron chi connectivity index (χ0n) is 7.47. The van der Waals surface area contributed by atoms with E-state index in [1.54, 1.807) is 6.07 Å². The second-order valence-corrected chi connectivity index (χ2v) is 2.95. The van der Waals surface area contributed by atoms with E-state index in [-0.39, 0.29) is 5.75 Å². The molecule has 1 rings (SSSR count). The molecule has 0 saturated carbocycles. The Labute approximate surface area is 72.1 Å². The molecule has 0 unspecified atom stereocenters. The van der Waals surface area contributed by atoms with Crippen LogP contribution in [0, 0.1) is 32.1 Å². The Morgan fingerprint density at radius 3 is 2.33 bits per heavy atom. The van der Waals surface area contributed by atoms with Crippen molar-refractivity contribution in [3.63, 3.8) is 0 Å². The van der Waals surface area contributed by atoms with Crippen LogP contribution in [-0.4, -0.2) is 5.11 Å². The van der Waals surface area contributed by atoms with Gasteiger partial charge >= 0.3 is 0 Å². The lowest BCUT2D eigenvalue weighted by molar-refractivity contribution is 0.470. The predicted octanol–water partition coefficient (Wildman–Crippen LogP) is 2.19. The van der Waals surface area contributed by atoms with Crippen LogP contribution < -0.4 is 0 Å². The summed E-state index contributed by atoms with van der Waals surface area (Å²) in [6.07, 6.45) is 0. The van der Waals surface area contributed by atoms with Gasteiger partial charge in [-0.1, -0.05) is 0 Å². The zero-order valence-corrected chi connectivity index (χ0v) is 7.47. The predicted molar refractivity (Wildman–Crippen MR) is 47.0 cm³/mol. The highest BCUT2D eigenvalue weighted by Crippen LogP contribution is 2.25. The fraction of sp³-hybridized carbons (Fsp3) is 0.300. The molecule has 0 radical (unpaired) electrons. The minimum Gasteiger partial charge on any atom is -0.508 e. The van der Waals surface area contributed by atoms with E-state index in [1.165, 1.54) is 0 Å². The Hall–Kier alpha value is -1.49. The highest BCUT2D eigenvalue weighted by Gasteiger charge is 2.07. The van der Waals surface area contributed by atoms with Crippen LogP contribution >= 0.6 is 0 Å². The van der Waals surface area contributed by atoms with E-state index >= 15 is 0 Å². The molecular formula is C10H11NO. The van der Waals surface area contributed by atoms with Crippen molar-refractivity contribution in [1.29, 1.82) is 5.26 Å². The first-order chi connectivity index (χ1) is 5.57. The first-order valence-electron chi connectivity index (χ1n) is 3.77. The van der Waals surface area contributed by atoms with Crippen LogP contribution in [0.4, 0.5) is 0 Å². The van der Waals surface area contributed by atoms with E-state index < -0.39 is 0 Å². The third-order valence-corrected chi connectivity index (χ3v) is 2.18. The van der Waals surface area contributed by atoms with Crippen LogP contribution in [0.15, 0.2) is 6.07 Å². The Kier molecular flexibility index (Phi) is 2.05. The van der Waals surface area contributed by atoms with E-state index in [0.717, 1.165) is 16.7 Å². The lowest BCUT2D eigenvalue weighted by atomic mass is 9.98. The molecule has 0 aliphatic carbocycles. The monoisotopic (exact) mass is 161 g/mol. The van der Waals surface area contributed by atoms with Crippen LogP contribution in [0.25, 0.3) is 0 Å². The van der Waals surface area contributed by atoms with Crippen LogP contribution in [0.3, 0.4) is 0 Å². The molecule has 0 amide bonds. The van der Waals surface area contributed by atoms with Gasteiger partial charge in [0.2, 0.25) is 0 Å². The summed E-state index contributed by atoms with van der Waals surface area (Å²) in [4.78, 5) is 0. The van der Waals surface area contributed by atoms with Gasteiger partial charge in [0.15, 0.2) is 0 Å². The molecule has 0 atom stereocenters. The molecule has 2 heteroatoms. The molecule has 0 bridgehead atoms. The SMILES string of the molecule is Cc1cc(O)c(C)c(C)c1C#N. The smallest absolute Gasteiger partial charge is 0.119 e. The Morgan fingerprint density at radius 2 is 1.83 bits per heavy atom. The van der Waals surface area contributed by atoms with Crippen molar-refractivity contribution in [1.82, 2.24) is 0 Å². The molecule has 0 saturated heterocycles. The topological polar surface area (TPSA) is 44.0 Å². The molecule has 2 nitrogen and oxygen atoms in total. The van der Waals surface area contributed by atoms with Gasteiger partial charge in [-0.3, -0.25) is 0 Å². The molecule has 0 spiro atoms. The maximum absolute atomic E-state index is 9.39. The lowest BCUT2D eigenvalue weighted by Crippen LogP contribution is -1.91. The van der Waals surface area contributed by atoms with Gasteiger partial charge in [-0.2, -0.15) is 5.26 Å². The van der Waals surface area contributed by atoms with Crippen LogP contribution in [0.1, 0.15) is 22.3 Å². The average Bonchev–Trinajstić information content (AvgIpc) is 2.01. The first kappa shape index (κ1) is 8.61. The second-order valence-electron chi connectivity index (χ2n) is 2.95. The largest absolute Gasteiger partial charge is 0.508 e. The third kappa shape index (κ3) is 1.14. The summed E-state index contributed by atoms with van der Waals surface area (Å²) in [5.74, 6) is 0.268. The normalized spacial score (nSPS) is 9.50. The standard InChI is InChI=1S/C10H11NO/c1-6-4-10(12)8(3)7(2)9(6)5-11/h4,12H,1-3H3. The number of benzene rings is 1. The summed E-state index contributed by atoms with van der Waals surface area (Å²) < 4.78 is 0. The highest BCUT2D eigenvalue weighted by molar-refractivity contribution is 5.52. The summed E-state index contributed by atoms with van der Waals surface area (Å²) in [5, 5.41) is 18.2. The van der Waals surface area contributed by atoms with E-state index in [0.29, 0.717) is 5.56 Å². The Morgan fingerprint density at radius 1 is 1.25 bits per heavy atom. The maximum atomic E-state index is 9.39. The minimum atomic E-state index is 0.268. The minimum absolute atomic E-state index is 0.268. The van der Waals surface area contributed by atoms with Gasteiger partial charge in [0.05, 0.1) is 11.6 Å². The van der Waals surface area contributed by atoms with Gasteiger partial charge in [-0.15, -0.1) is 0 Å². The van der Waals surface area contributed by atoms with Crippen LogP contribution in [0.5, 0.6) is 5.75 Å². The average molecular weight is 161 g/mol. The maximum Gasteiger partial charge on any atom is 0.119 e. The number of phenolic OH excluding ortho intramolecular Hbond substituents is 1. The van der Waals surface area contributed by atoms with E-state index in [4.69, 9.17) is 5.26 Å². The zero-order chi connectivity index (χ0) is 9.30. The Balaban J connectivity index is 3.54. The molecule has 0 aliphatic heterocycles. The molecule has 0 aromatic heterocycles. The summed E-state index contributed by atoms with van der Waals surface area (Å²) in [5.41, 5.74) is 3.16. The number of aromatic hydroxyl groups is 1. The quantitative estimate of drug-likeness (QED) is 0.633. The van der Waals surface area contributed by atoms with Crippen LogP contribution in [-0.2, 0) is 0 Å². The van der Waals surface area contributed by atoms with Crippen LogP contribution in [0.2, 0.25) is 0 Å². The van der Waals surface area contributed by atoms with Crippen molar-refractivity contribution in [3.05, 3.63) is 28.3 Å². The number of nitriles is 1. The number of phenols is 1. The highest BCUT2D eigenvalue weighted by atomic mass is 16.3. The van der Waals surface area contributed by atoms with Gasteiger partial charge in [0, 0.05) is 0 Å². The molecule has 1 aromatic rings. The Bertz CT molecular complexity index is 361. The van der Waals surface area contributed by atoms with Gasteiger partial charge in [-0.25, -0.2) is 0 Å². The fourth-order valence-corrected chi connectivity index (χ4v) is 1.23. The van der Waals surface area contributed by atoms with Gasteiger partial charge in [-0.05, 0) is 43.5 Å². The first-order valence-corrected chi connectivity index (χ1v) is 3.77. The van der Waals surface area contributed by atoms with Crippen molar-refractivity contribution in [2.45, 2.75) is 20.8 Å². The summed E-state index contributed by atoms with van der Waals surface area (Å²) in [6, 6.07) is 3.75. The van der Waals surface area contributed by atoms with Crippen molar-refractivity contribution in [3.8, 4) is 11.8 Å². The van der Waals surface area contributed by atoms with E-state index in [9.17, 15) is 5.11 Å². The molecule has 0 aliphatic rings. The van der Waals surface area contributed by atoms with Crippen molar-refractivity contribution in [2.24, 2.45) is 0 Å². The third-order valence-electron chi connectivity index (χ3n) is 2.18. The van der Waals surface area contributed by atoms with Gasteiger partial charge in [0.1, 0.15) is 5.75 Å². The number of hydrogen-bond donors (Lipinski definition) is 1. The number of aryl methyl sites for hydroxylation is 1. The summed E-state index contributed by atoms with van der Waals surface area (Å²) in [6.45, 7) is 5.48. The number of nitrogens with zero attached hydrogens (tertiary/aromatic N) is 1. The number of rotatable bonds is 0. The molecule has 62 valence electrons. The van der Waals surface area contributed by atoms with E-state index in [2.05, 4.69) is 6.07 Å². The van der Waals surface area contributed by atoms with Crippen molar-refractivity contribution >= 4 is 0 Å². The molecule has 0 fully saturated rings. The molecule has 1 N–H and O–H groups in total. The molecule has 12 heavy (non-hydrogen) atoms. The second kappa shape index (κ2) is 2.86. The molecular weight excluding hydrogens is 150 g/mol. The number of hydrogen-bond acceptors (Lipinski definition) is 2. The van der Waals surface area contributed by atoms with Crippen molar-refractivity contribution < 1.29 is 5.11 Å². The fourth-order valence-electron chi connectivity index (χ4n) is 1.23. The van der Waals surface area contributed by atoms with Gasteiger partial charge < -0.3 is 5.11 Å². The lowest BCUT2D eigenvalue weighted by Gasteiger charge is -2.07. The molecule has 0 heterocycles. The van der Waals surface area contributed by atoms with E-state index in [1.807, 2.05) is 20.8 Å². The summed E-state index contributed by atoms with van der Waals surface area (Å²) in [7, 11) is 0. The summed E-state index contributed by atoms with van der Waals surface area (Å²) >= 11 is 0. The van der Waals surface area contributed by atoms with Crippen molar-refractivity contribution in [2.75, 3.05) is 0 Å². The molecule has 1 aromatic carbocycles.